The highest BCUT2D eigenvalue weighted by Crippen LogP contribution is 2.31. The predicted molar refractivity (Wildman–Crippen MR) is 108 cm³/mol. The van der Waals surface area contributed by atoms with Gasteiger partial charge in [-0.3, -0.25) is 9.59 Å². The fraction of sp³-hybridized carbons (Fsp3) is 0.364. The van der Waals surface area contributed by atoms with Crippen LogP contribution in [-0.4, -0.2) is 43.5 Å². The van der Waals surface area contributed by atoms with Crippen LogP contribution in [0.15, 0.2) is 36.4 Å². The highest BCUT2D eigenvalue weighted by Gasteiger charge is 2.36. The predicted octanol–water partition coefficient (Wildman–Crippen LogP) is 3.98. The lowest BCUT2D eigenvalue weighted by molar-refractivity contribution is -0.135. The van der Waals surface area contributed by atoms with Crippen molar-refractivity contribution in [3.8, 4) is 11.5 Å². The van der Waals surface area contributed by atoms with Gasteiger partial charge in [0.15, 0.2) is 11.5 Å². The number of ether oxygens (including phenoxy) is 2. The molecule has 2 aromatic carbocycles. The Kier molecular flexibility index (Phi) is 7.22. The maximum atomic E-state index is 13.5. The number of alkyl halides is 2. The van der Waals surface area contributed by atoms with Crippen LogP contribution < -0.4 is 14.4 Å². The van der Waals surface area contributed by atoms with Gasteiger partial charge in [0.2, 0.25) is 11.8 Å². The second kappa shape index (κ2) is 9.88. The Hall–Kier alpha value is -3.30. The standard InChI is InChI=1S/C22H22F4N2O4/c1-3-31-19-6-13(4-5-18(19)32-22(25)26)11-27(2)21(30)14-7-20(29)28(12-14)17-9-15(23)8-16(24)10-17/h4-6,8-10,14,22H,3,7,11-12H2,1-2H3. The van der Waals surface area contributed by atoms with E-state index in [0.29, 0.717) is 11.6 Å². The first kappa shape index (κ1) is 23.4. The topological polar surface area (TPSA) is 59.1 Å². The van der Waals surface area contributed by atoms with Crippen LogP contribution in [0.5, 0.6) is 11.5 Å². The molecule has 0 N–H and O–H groups in total. The van der Waals surface area contributed by atoms with Gasteiger partial charge in [-0.2, -0.15) is 8.78 Å². The van der Waals surface area contributed by atoms with Gasteiger partial charge in [-0.15, -0.1) is 0 Å². The summed E-state index contributed by atoms with van der Waals surface area (Å²) >= 11 is 0. The maximum absolute atomic E-state index is 13.5. The molecule has 3 rings (SSSR count). The van der Waals surface area contributed by atoms with Crippen molar-refractivity contribution < 1.29 is 36.6 Å². The Bertz CT molecular complexity index is 982. The molecule has 0 saturated carbocycles. The average molecular weight is 454 g/mol. The monoisotopic (exact) mass is 454 g/mol. The number of amides is 2. The van der Waals surface area contributed by atoms with Gasteiger partial charge < -0.3 is 19.3 Å². The molecule has 10 heteroatoms. The molecule has 2 aromatic rings. The minimum Gasteiger partial charge on any atom is -0.490 e. The highest BCUT2D eigenvalue weighted by atomic mass is 19.3. The molecule has 6 nitrogen and oxygen atoms in total. The van der Waals surface area contributed by atoms with Gasteiger partial charge in [-0.25, -0.2) is 8.78 Å². The molecule has 1 fully saturated rings. The summed E-state index contributed by atoms with van der Waals surface area (Å²) in [5, 5.41) is 0. The van der Waals surface area contributed by atoms with E-state index in [1.807, 2.05) is 0 Å². The summed E-state index contributed by atoms with van der Waals surface area (Å²) in [5.74, 6) is -3.04. The van der Waals surface area contributed by atoms with Crippen molar-refractivity contribution in [2.45, 2.75) is 26.5 Å². The van der Waals surface area contributed by atoms with Crippen LogP contribution in [0.2, 0.25) is 0 Å². The first-order valence-corrected chi connectivity index (χ1v) is 9.90. The smallest absolute Gasteiger partial charge is 0.387 e. The average Bonchev–Trinajstić information content (AvgIpc) is 3.10. The zero-order valence-corrected chi connectivity index (χ0v) is 17.5. The number of hydrogen-bond acceptors (Lipinski definition) is 4. The SMILES string of the molecule is CCOc1cc(CN(C)C(=O)C2CC(=O)N(c3cc(F)cc(F)c3)C2)ccc1OC(F)F. The van der Waals surface area contributed by atoms with Crippen molar-refractivity contribution in [3.63, 3.8) is 0 Å². The molecular formula is C22H22F4N2O4. The Morgan fingerprint density at radius 2 is 1.84 bits per heavy atom. The fourth-order valence-corrected chi connectivity index (χ4v) is 3.59. The van der Waals surface area contributed by atoms with E-state index in [1.165, 1.54) is 28.0 Å². The van der Waals surface area contributed by atoms with Crippen LogP contribution >= 0.6 is 0 Å². The first-order valence-electron chi connectivity index (χ1n) is 9.90. The number of rotatable bonds is 8. The molecule has 32 heavy (non-hydrogen) atoms. The third kappa shape index (κ3) is 5.49. The van der Waals surface area contributed by atoms with Gasteiger partial charge in [0.05, 0.1) is 12.5 Å². The van der Waals surface area contributed by atoms with Crippen molar-refractivity contribution in [1.29, 1.82) is 0 Å². The van der Waals surface area contributed by atoms with Gasteiger partial charge in [-0.1, -0.05) is 6.07 Å². The second-order valence-corrected chi connectivity index (χ2v) is 7.32. The lowest BCUT2D eigenvalue weighted by atomic mass is 10.1. The van der Waals surface area contributed by atoms with E-state index >= 15 is 0 Å². The van der Waals surface area contributed by atoms with E-state index in [2.05, 4.69) is 4.74 Å². The quantitative estimate of drug-likeness (QED) is 0.567. The molecule has 1 heterocycles. The summed E-state index contributed by atoms with van der Waals surface area (Å²) in [7, 11) is 1.54. The van der Waals surface area contributed by atoms with Crippen LogP contribution in [0, 0.1) is 17.6 Å². The second-order valence-electron chi connectivity index (χ2n) is 7.32. The van der Waals surface area contributed by atoms with E-state index in [-0.39, 0.29) is 49.2 Å². The molecule has 0 spiro atoms. The number of nitrogens with zero attached hydrogens (tertiary/aromatic N) is 2. The summed E-state index contributed by atoms with van der Waals surface area (Å²) in [4.78, 5) is 27.8. The molecule has 1 unspecified atom stereocenters. The molecule has 1 saturated heterocycles. The van der Waals surface area contributed by atoms with Gasteiger partial charge >= 0.3 is 6.61 Å². The molecule has 2 amide bonds. The minimum absolute atomic E-state index is 0.00371. The van der Waals surface area contributed by atoms with E-state index in [9.17, 15) is 27.2 Å². The highest BCUT2D eigenvalue weighted by molar-refractivity contribution is 6.00. The van der Waals surface area contributed by atoms with Crippen LogP contribution in [0.4, 0.5) is 23.2 Å². The summed E-state index contributed by atoms with van der Waals surface area (Å²) in [5.41, 5.74) is 0.667. The Balaban J connectivity index is 1.69. The van der Waals surface area contributed by atoms with Crippen LogP contribution in [0.1, 0.15) is 18.9 Å². The maximum Gasteiger partial charge on any atom is 0.387 e. The normalized spacial score (nSPS) is 15.9. The van der Waals surface area contributed by atoms with Gasteiger partial charge in [0.25, 0.3) is 0 Å². The third-order valence-corrected chi connectivity index (χ3v) is 4.95. The van der Waals surface area contributed by atoms with Crippen molar-refractivity contribution in [1.82, 2.24) is 4.90 Å². The summed E-state index contributed by atoms with van der Waals surface area (Å²) in [6, 6.07) is 7.16. The molecule has 1 aliphatic rings. The number of carbonyl (C=O) groups is 2. The molecule has 0 bridgehead atoms. The molecule has 0 radical (unpaired) electrons. The molecule has 0 aromatic heterocycles. The van der Waals surface area contributed by atoms with Crippen molar-refractivity contribution in [2.24, 2.45) is 5.92 Å². The van der Waals surface area contributed by atoms with Crippen LogP contribution in [0.25, 0.3) is 0 Å². The fourth-order valence-electron chi connectivity index (χ4n) is 3.59. The number of anilines is 1. The largest absolute Gasteiger partial charge is 0.490 e. The van der Waals surface area contributed by atoms with Crippen molar-refractivity contribution in [3.05, 3.63) is 53.6 Å². The number of benzene rings is 2. The Morgan fingerprint density at radius 3 is 2.47 bits per heavy atom. The van der Waals surface area contributed by atoms with E-state index < -0.39 is 30.1 Å². The Labute approximate surface area is 182 Å². The van der Waals surface area contributed by atoms with Crippen LogP contribution in [0.3, 0.4) is 0 Å². The van der Waals surface area contributed by atoms with E-state index in [4.69, 9.17) is 4.74 Å². The Morgan fingerprint density at radius 1 is 1.16 bits per heavy atom. The molecule has 1 aliphatic heterocycles. The molecule has 172 valence electrons. The number of hydrogen-bond donors (Lipinski definition) is 0. The van der Waals surface area contributed by atoms with E-state index in [0.717, 1.165) is 12.1 Å². The van der Waals surface area contributed by atoms with Gasteiger partial charge in [0.1, 0.15) is 11.6 Å². The number of carbonyl (C=O) groups excluding carboxylic acids is 2. The van der Waals surface area contributed by atoms with Gasteiger partial charge in [0, 0.05) is 38.3 Å². The van der Waals surface area contributed by atoms with Crippen molar-refractivity contribution >= 4 is 17.5 Å². The lowest BCUT2D eigenvalue weighted by Gasteiger charge is -2.22. The summed E-state index contributed by atoms with van der Waals surface area (Å²) < 4.78 is 61.9. The summed E-state index contributed by atoms with van der Waals surface area (Å²) in [6.45, 7) is -0.942. The number of halogens is 4. The van der Waals surface area contributed by atoms with Crippen molar-refractivity contribution in [2.75, 3.05) is 25.1 Å². The lowest BCUT2D eigenvalue weighted by Crippen LogP contribution is -2.34. The molecule has 0 aliphatic carbocycles. The minimum atomic E-state index is -3.00. The third-order valence-electron chi connectivity index (χ3n) is 4.95. The van der Waals surface area contributed by atoms with Crippen LogP contribution in [-0.2, 0) is 16.1 Å². The zero-order chi connectivity index (χ0) is 23.4. The molecule has 1 atom stereocenters. The first-order chi connectivity index (χ1) is 15.2. The zero-order valence-electron chi connectivity index (χ0n) is 17.5. The molecular weight excluding hydrogens is 432 g/mol. The summed E-state index contributed by atoms with van der Waals surface area (Å²) in [6.07, 6.45) is -0.0906. The van der Waals surface area contributed by atoms with E-state index in [1.54, 1.807) is 14.0 Å². The van der Waals surface area contributed by atoms with Gasteiger partial charge in [-0.05, 0) is 36.8 Å².